The second-order valence-electron chi connectivity index (χ2n) is 7.95. The zero-order valence-electron chi connectivity index (χ0n) is 17.8. The largest absolute Gasteiger partial charge is 0.356 e. The molecule has 0 saturated carbocycles. The Morgan fingerprint density at radius 3 is 1.74 bits per heavy atom. The number of unbranched alkanes of at least 4 members (excludes halogenated alkanes) is 14. The second-order valence-corrected chi connectivity index (χ2v) is 7.95. The van der Waals surface area contributed by atoms with E-state index in [2.05, 4.69) is 24.1 Å². The van der Waals surface area contributed by atoms with Gasteiger partial charge in [0, 0.05) is 5.69 Å². The van der Waals surface area contributed by atoms with E-state index in [0.29, 0.717) is 5.69 Å². The Labute approximate surface area is 168 Å². The van der Waals surface area contributed by atoms with Crippen molar-refractivity contribution in [3.63, 3.8) is 0 Å². The van der Waals surface area contributed by atoms with Crippen molar-refractivity contribution in [3.05, 3.63) is 35.7 Å². The van der Waals surface area contributed by atoms with Gasteiger partial charge in [0.05, 0.1) is 5.69 Å². The summed E-state index contributed by atoms with van der Waals surface area (Å²) >= 11 is 0. The van der Waals surface area contributed by atoms with Crippen LogP contribution in [0.1, 0.15) is 126 Å². The summed E-state index contributed by atoms with van der Waals surface area (Å²) in [5.74, 6) is 0. The fraction of sp³-hybridized carbons (Fsp3) is 0.720. The highest BCUT2D eigenvalue weighted by Gasteiger charge is 1.98. The number of hydrogen-bond donors (Lipinski definition) is 1. The molecular weight excluding hydrogens is 330 g/mol. The molecule has 0 aliphatic carbocycles. The number of allylic oxidation sites excluding steroid dienone is 2. The number of aromatic nitrogens is 1. The maximum atomic E-state index is 10.6. The Morgan fingerprint density at radius 2 is 1.22 bits per heavy atom. The standard InChI is InChI=1S/C25H43NO/c1-2-3-4-5-6-7-8-9-10-11-12-13-14-15-16-17-18-19-20-24-21-22-25(23-27)26-24/h11-12,21-23,26H,2-10,13-20H2,1H3/b12-11-. The van der Waals surface area contributed by atoms with Gasteiger partial charge in [-0.2, -0.15) is 0 Å². The average molecular weight is 374 g/mol. The van der Waals surface area contributed by atoms with Crippen molar-refractivity contribution in [2.24, 2.45) is 0 Å². The molecule has 0 aliphatic rings. The van der Waals surface area contributed by atoms with Crippen LogP contribution in [0.3, 0.4) is 0 Å². The minimum absolute atomic E-state index is 0.695. The number of carbonyl (C=O) groups is 1. The Hall–Kier alpha value is -1.31. The highest BCUT2D eigenvalue weighted by Crippen LogP contribution is 2.12. The van der Waals surface area contributed by atoms with Crippen LogP contribution in [-0.4, -0.2) is 11.3 Å². The molecule has 2 nitrogen and oxygen atoms in total. The van der Waals surface area contributed by atoms with Crippen molar-refractivity contribution in [2.75, 3.05) is 0 Å². The molecular formula is C25H43NO. The Balaban J connectivity index is 1.77. The van der Waals surface area contributed by atoms with Crippen LogP contribution in [0.25, 0.3) is 0 Å². The third-order valence-corrected chi connectivity index (χ3v) is 5.35. The fourth-order valence-electron chi connectivity index (χ4n) is 3.59. The summed E-state index contributed by atoms with van der Waals surface area (Å²) in [5.41, 5.74) is 1.89. The van der Waals surface area contributed by atoms with Crippen LogP contribution < -0.4 is 0 Å². The van der Waals surface area contributed by atoms with Crippen molar-refractivity contribution >= 4 is 6.29 Å². The molecule has 0 fully saturated rings. The molecule has 0 aliphatic heterocycles. The first-order chi connectivity index (χ1) is 13.4. The molecule has 1 heterocycles. The van der Waals surface area contributed by atoms with E-state index in [1.807, 2.05) is 12.1 Å². The zero-order chi connectivity index (χ0) is 19.4. The van der Waals surface area contributed by atoms with Gasteiger partial charge in [0.25, 0.3) is 0 Å². The highest BCUT2D eigenvalue weighted by molar-refractivity contribution is 5.71. The number of aromatic amines is 1. The Kier molecular flexibility index (Phi) is 15.9. The first-order valence-corrected chi connectivity index (χ1v) is 11.6. The average Bonchev–Trinajstić information content (AvgIpc) is 3.15. The van der Waals surface area contributed by atoms with E-state index in [0.717, 1.165) is 12.7 Å². The lowest BCUT2D eigenvalue weighted by atomic mass is 10.1. The topological polar surface area (TPSA) is 32.9 Å². The summed E-state index contributed by atoms with van der Waals surface area (Å²) in [7, 11) is 0. The van der Waals surface area contributed by atoms with Crippen LogP contribution in [0.2, 0.25) is 0 Å². The first-order valence-electron chi connectivity index (χ1n) is 11.6. The summed E-state index contributed by atoms with van der Waals surface area (Å²) in [5, 5.41) is 0. The van der Waals surface area contributed by atoms with Gasteiger partial charge in [-0.3, -0.25) is 4.79 Å². The smallest absolute Gasteiger partial charge is 0.166 e. The molecule has 1 N–H and O–H groups in total. The number of carbonyl (C=O) groups excluding carboxylic acids is 1. The maximum absolute atomic E-state index is 10.6. The predicted octanol–water partition coefficient (Wildman–Crippen LogP) is 8.19. The molecule has 0 atom stereocenters. The maximum Gasteiger partial charge on any atom is 0.166 e. The van der Waals surface area contributed by atoms with Gasteiger partial charge < -0.3 is 4.98 Å². The third kappa shape index (κ3) is 14.4. The van der Waals surface area contributed by atoms with Crippen molar-refractivity contribution < 1.29 is 4.79 Å². The van der Waals surface area contributed by atoms with Gasteiger partial charge in [0.1, 0.15) is 0 Å². The summed E-state index contributed by atoms with van der Waals surface area (Å²) in [4.78, 5) is 13.8. The van der Waals surface area contributed by atoms with Crippen LogP contribution in [0.15, 0.2) is 24.3 Å². The van der Waals surface area contributed by atoms with Crippen molar-refractivity contribution in [2.45, 2.75) is 116 Å². The van der Waals surface area contributed by atoms with Crippen LogP contribution in [0.4, 0.5) is 0 Å². The third-order valence-electron chi connectivity index (χ3n) is 5.35. The number of aryl methyl sites for hydroxylation is 1. The number of hydrogen-bond acceptors (Lipinski definition) is 1. The molecule has 1 aromatic rings. The number of nitrogens with one attached hydrogen (secondary N) is 1. The van der Waals surface area contributed by atoms with E-state index in [4.69, 9.17) is 0 Å². The van der Waals surface area contributed by atoms with Gasteiger partial charge >= 0.3 is 0 Å². The van der Waals surface area contributed by atoms with Crippen molar-refractivity contribution in [1.82, 2.24) is 4.98 Å². The molecule has 0 spiro atoms. The molecule has 27 heavy (non-hydrogen) atoms. The molecule has 0 aromatic carbocycles. The van der Waals surface area contributed by atoms with Gasteiger partial charge in [0.2, 0.25) is 0 Å². The van der Waals surface area contributed by atoms with E-state index in [-0.39, 0.29) is 0 Å². The molecule has 0 saturated heterocycles. The molecule has 0 amide bonds. The monoisotopic (exact) mass is 373 g/mol. The quantitative estimate of drug-likeness (QED) is 0.148. The van der Waals surface area contributed by atoms with Gasteiger partial charge in [-0.05, 0) is 50.7 Å². The SMILES string of the molecule is CCCCCCCCCC/C=C\CCCCCCCCc1ccc(C=O)[nH]1. The van der Waals surface area contributed by atoms with Gasteiger partial charge in [-0.1, -0.05) is 89.7 Å². The highest BCUT2D eigenvalue weighted by atomic mass is 16.1. The molecule has 2 heteroatoms. The minimum atomic E-state index is 0.695. The van der Waals surface area contributed by atoms with Crippen molar-refractivity contribution in [1.29, 1.82) is 0 Å². The summed E-state index contributed by atoms with van der Waals surface area (Å²) in [6.07, 6.45) is 28.5. The molecule has 1 aromatic heterocycles. The molecule has 0 bridgehead atoms. The van der Waals surface area contributed by atoms with E-state index in [1.165, 1.54) is 108 Å². The van der Waals surface area contributed by atoms with Gasteiger partial charge in [-0.25, -0.2) is 0 Å². The van der Waals surface area contributed by atoms with Crippen LogP contribution in [0, 0.1) is 0 Å². The number of aldehydes is 1. The summed E-state index contributed by atoms with van der Waals surface area (Å²) in [6, 6.07) is 3.90. The van der Waals surface area contributed by atoms with Gasteiger partial charge in [-0.15, -0.1) is 0 Å². The molecule has 154 valence electrons. The molecule has 1 rings (SSSR count). The molecule has 0 unspecified atom stereocenters. The number of H-pyrrole nitrogens is 1. The lowest BCUT2D eigenvalue weighted by Gasteiger charge is -2.01. The van der Waals surface area contributed by atoms with E-state index < -0.39 is 0 Å². The van der Waals surface area contributed by atoms with E-state index >= 15 is 0 Å². The summed E-state index contributed by atoms with van der Waals surface area (Å²) in [6.45, 7) is 2.28. The Morgan fingerprint density at radius 1 is 0.704 bits per heavy atom. The lowest BCUT2D eigenvalue weighted by Crippen LogP contribution is -1.87. The first kappa shape index (κ1) is 23.7. The van der Waals surface area contributed by atoms with Crippen LogP contribution >= 0.6 is 0 Å². The van der Waals surface area contributed by atoms with Crippen LogP contribution in [0.5, 0.6) is 0 Å². The lowest BCUT2D eigenvalue weighted by molar-refractivity contribution is 0.111. The summed E-state index contributed by atoms with van der Waals surface area (Å²) < 4.78 is 0. The Bertz CT molecular complexity index is 474. The van der Waals surface area contributed by atoms with Crippen LogP contribution in [-0.2, 0) is 6.42 Å². The minimum Gasteiger partial charge on any atom is -0.356 e. The zero-order valence-corrected chi connectivity index (χ0v) is 17.8. The van der Waals surface area contributed by atoms with E-state index in [1.54, 1.807) is 0 Å². The fourth-order valence-corrected chi connectivity index (χ4v) is 3.59. The van der Waals surface area contributed by atoms with E-state index in [9.17, 15) is 4.79 Å². The normalized spacial score (nSPS) is 11.4. The second kappa shape index (κ2) is 18.1. The van der Waals surface area contributed by atoms with Crippen molar-refractivity contribution in [3.8, 4) is 0 Å². The predicted molar refractivity (Wildman–Crippen MR) is 119 cm³/mol. The number of rotatable bonds is 19. The van der Waals surface area contributed by atoms with Gasteiger partial charge in [0.15, 0.2) is 6.29 Å². The molecule has 0 radical (unpaired) electrons.